The van der Waals surface area contributed by atoms with Crippen LogP contribution in [0.1, 0.15) is 32.4 Å². The number of imidazole rings is 1. The Labute approximate surface area is 122 Å². The van der Waals surface area contributed by atoms with Crippen molar-refractivity contribution in [3.63, 3.8) is 0 Å². The number of hydrogen-bond donors (Lipinski definition) is 2. The Balaban J connectivity index is 1.72. The van der Waals surface area contributed by atoms with Crippen LogP contribution in [-0.2, 0) is 11.2 Å². The van der Waals surface area contributed by atoms with Gasteiger partial charge in [0.25, 0.3) is 0 Å². The van der Waals surface area contributed by atoms with Crippen LogP contribution in [0.4, 0.5) is 0 Å². The van der Waals surface area contributed by atoms with Crippen molar-refractivity contribution >= 4 is 22.2 Å². The third kappa shape index (κ3) is 4.05. The van der Waals surface area contributed by atoms with E-state index in [0.29, 0.717) is 13.0 Å². The van der Waals surface area contributed by atoms with E-state index in [1.165, 1.54) is 0 Å². The van der Waals surface area contributed by atoms with Gasteiger partial charge in [-0.05, 0) is 18.3 Å². The zero-order valence-electron chi connectivity index (χ0n) is 11.9. The zero-order valence-corrected chi connectivity index (χ0v) is 12.7. The third-order valence-corrected chi connectivity index (χ3v) is 4.04. The normalized spacial score (nSPS) is 11.9. The van der Waals surface area contributed by atoms with Crippen LogP contribution in [-0.4, -0.2) is 33.6 Å². The van der Waals surface area contributed by atoms with Crippen LogP contribution in [0.25, 0.3) is 4.96 Å². The van der Waals surface area contributed by atoms with Crippen molar-refractivity contribution in [2.75, 3.05) is 13.2 Å². The summed E-state index contributed by atoms with van der Waals surface area (Å²) in [4.78, 5) is 17.1. The first kappa shape index (κ1) is 15.0. The van der Waals surface area contributed by atoms with Crippen molar-refractivity contribution < 1.29 is 9.90 Å². The minimum absolute atomic E-state index is 0.00226. The molecule has 0 atom stereocenters. The van der Waals surface area contributed by atoms with Crippen LogP contribution in [0.3, 0.4) is 0 Å². The van der Waals surface area contributed by atoms with E-state index >= 15 is 0 Å². The predicted octanol–water partition coefficient (Wildman–Crippen LogP) is 1.85. The van der Waals surface area contributed by atoms with Gasteiger partial charge in [-0.15, -0.1) is 11.3 Å². The highest BCUT2D eigenvalue weighted by Gasteiger charge is 2.15. The van der Waals surface area contributed by atoms with Gasteiger partial charge < -0.3 is 10.4 Å². The summed E-state index contributed by atoms with van der Waals surface area (Å²) in [6, 6.07) is 0. The number of fused-ring (bicyclic) bond motifs is 1. The molecular weight excluding hydrogens is 274 g/mol. The number of nitrogens with one attached hydrogen (secondary N) is 1. The smallest absolute Gasteiger partial charge is 0.226 e. The molecule has 1 amide bonds. The number of carbonyl (C=O) groups excluding carboxylic acids is 1. The molecule has 2 rings (SSSR count). The molecule has 5 nitrogen and oxygen atoms in total. The average molecular weight is 295 g/mol. The fourth-order valence-corrected chi connectivity index (χ4v) is 2.68. The van der Waals surface area contributed by atoms with E-state index in [9.17, 15) is 4.79 Å². The number of nitrogens with zero attached hydrogens (tertiary/aromatic N) is 2. The lowest BCUT2D eigenvalue weighted by Gasteiger charge is -2.21. The molecule has 0 spiro atoms. The van der Waals surface area contributed by atoms with E-state index in [4.69, 9.17) is 5.11 Å². The second-order valence-corrected chi connectivity index (χ2v) is 6.65. The summed E-state index contributed by atoms with van der Waals surface area (Å²) < 4.78 is 1.93. The molecule has 0 radical (unpaired) electrons. The van der Waals surface area contributed by atoms with Gasteiger partial charge in [-0.3, -0.25) is 9.20 Å². The number of hydrogen-bond acceptors (Lipinski definition) is 4. The minimum atomic E-state index is -0.0705. The highest BCUT2D eigenvalue weighted by Crippen LogP contribution is 2.20. The Morgan fingerprint density at radius 3 is 3.05 bits per heavy atom. The van der Waals surface area contributed by atoms with E-state index < -0.39 is 0 Å². The van der Waals surface area contributed by atoms with Crippen molar-refractivity contribution in [2.45, 2.75) is 33.1 Å². The topological polar surface area (TPSA) is 66.6 Å². The molecule has 110 valence electrons. The van der Waals surface area contributed by atoms with Crippen molar-refractivity contribution in [3.8, 4) is 0 Å². The van der Waals surface area contributed by atoms with Gasteiger partial charge in [-0.2, -0.15) is 0 Å². The van der Waals surface area contributed by atoms with E-state index in [-0.39, 0.29) is 17.9 Å². The Morgan fingerprint density at radius 2 is 2.35 bits per heavy atom. The summed E-state index contributed by atoms with van der Waals surface area (Å²) in [5, 5.41) is 14.0. The van der Waals surface area contributed by atoms with Gasteiger partial charge in [0.2, 0.25) is 5.91 Å². The maximum absolute atomic E-state index is 11.8. The lowest BCUT2D eigenvalue weighted by molar-refractivity contribution is -0.120. The first-order valence-corrected chi connectivity index (χ1v) is 7.67. The molecule has 0 unspecified atom stereocenters. The van der Waals surface area contributed by atoms with Gasteiger partial charge in [0.1, 0.15) is 0 Å². The molecule has 0 aliphatic heterocycles. The third-order valence-electron chi connectivity index (χ3n) is 3.27. The van der Waals surface area contributed by atoms with Crippen LogP contribution in [0, 0.1) is 5.41 Å². The first-order chi connectivity index (χ1) is 9.50. The largest absolute Gasteiger partial charge is 0.396 e. The van der Waals surface area contributed by atoms with Gasteiger partial charge >= 0.3 is 0 Å². The number of amides is 1. The van der Waals surface area contributed by atoms with Gasteiger partial charge in [0, 0.05) is 30.9 Å². The van der Waals surface area contributed by atoms with Crippen molar-refractivity contribution in [1.29, 1.82) is 0 Å². The highest BCUT2D eigenvalue weighted by atomic mass is 32.1. The zero-order chi connectivity index (χ0) is 14.6. The SMILES string of the molecule is CC(C)(CO)CCCNC(=O)Cc1cn2ccsc2n1. The lowest BCUT2D eigenvalue weighted by atomic mass is 9.89. The molecule has 0 fully saturated rings. The lowest BCUT2D eigenvalue weighted by Crippen LogP contribution is -2.27. The van der Waals surface area contributed by atoms with E-state index in [2.05, 4.69) is 10.3 Å². The van der Waals surface area contributed by atoms with Gasteiger partial charge in [-0.1, -0.05) is 13.8 Å². The summed E-state index contributed by atoms with van der Waals surface area (Å²) >= 11 is 1.56. The quantitative estimate of drug-likeness (QED) is 0.766. The van der Waals surface area contributed by atoms with Gasteiger partial charge in [0.05, 0.1) is 12.1 Å². The van der Waals surface area contributed by atoms with Crippen molar-refractivity contribution in [1.82, 2.24) is 14.7 Å². The molecule has 2 heterocycles. The molecule has 2 aromatic rings. The fraction of sp³-hybridized carbons (Fsp3) is 0.571. The second-order valence-electron chi connectivity index (χ2n) is 5.78. The Bertz CT molecular complexity index is 545. The summed E-state index contributed by atoms with van der Waals surface area (Å²) in [7, 11) is 0. The van der Waals surface area contributed by atoms with Crippen LogP contribution in [0.2, 0.25) is 0 Å². The molecule has 0 saturated heterocycles. The van der Waals surface area contributed by atoms with Crippen LogP contribution in [0.5, 0.6) is 0 Å². The summed E-state index contributed by atoms with van der Waals surface area (Å²) in [5.74, 6) is -0.00226. The maximum atomic E-state index is 11.8. The fourth-order valence-electron chi connectivity index (χ4n) is 1.96. The first-order valence-electron chi connectivity index (χ1n) is 6.79. The number of rotatable bonds is 7. The highest BCUT2D eigenvalue weighted by molar-refractivity contribution is 7.15. The molecule has 2 N–H and O–H groups in total. The Kier molecular flexibility index (Phi) is 4.77. The van der Waals surface area contributed by atoms with Gasteiger partial charge in [0.15, 0.2) is 4.96 Å². The van der Waals surface area contributed by atoms with Crippen molar-refractivity contribution in [3.05, 3.63) is 23.5 Å². The Hall–Kier alpha value is -1.40. The minimum Gasteiger partial charge on any atom is -0.396 e. The predicted molar refractivity (Wildman–Crippen MR) is 79.9 cm³/mol. The van der Waals surface area contributed by atoms with Crippen LogP contribution < -0.4 is 5.32 Å². The number of carbonyl (C=O) groups is 1. The van der Waals surface area contributed by atoms with E-state index in [0.717, 1.165) is 23.5 Å². The van der Waals surface area contributed by atoms with Crippen molar-refractivity contribution in [2.24, 2.45) is 5.41 Å². The number of aliphatic hydroxyl groups is 1. The second kappa shape index (κ2) is 6.37. The summed E-state index contributed by atoms with van der Waals surface area (Å²) in [6.45, 7) is 4.86. The molecule has 0 aliphatic rings. The monoisotopic (exact) mass is 295 g/mol. The summed E-state index contributed by atoms with van der Waals surface area (Å²) in [5.41, 5.74) is 0.726. The molecule has 2 aromatic heterocycles. The molecule has 0 saturated carbocycles. The molecular formula is C14H21N3O2S. The van der Waals surface area contributed by atoms with Gasteiger partial charge in [-0.25, -0.2) is 4.98 Å². The van der Waals surface area contributed by atoms with Crippen LogP contribution in [0.15, 0.2) is 17.8 Å². The molecule has 20 heavy (non-hydrogen) atoms. The maximum Gasteiger partial charge on any atom is 0.226 e. The van der Waals surface area contributed by atoms with E-state index in [1.54, 1.807) is 11.3 Å². The Morgan fingerprint density at radius 1 is 1.55 bits per heavy atom. The number of thiazole rings is 1. The standard InChI is InChI=1S/C14H21N3O2S/c1-14(2,10-18)4-3-5-15-12(19)8-11-9-17-6-7-20-13(17)16-11/h6-7,9,18H,3-5,8,10H2,1-2H3,(H,15,19). The molecule has 0 aliphatic carbocycles. The number of aliphatic hydroxyl groups excluding tert-OH is 1. The molecule has 6 heteroatoms. The van der Waals surface area contributed by atoms with E-state index in [1.807, 2.05) is 36.0 Å². The molecule has 0 bridgehead atoms. The van der Waals surface area contributed by atoms with Crippen LogP contribution >= 0.6 is 11.3 Å². The molecule has 0 aromatic carbocycles. The summed E-state index contributed by atoms with van der Waals surface area (Å²) in [6.07, 6.45) is 5.91. The average Bonchev–Trinajstić information content (AvgIpc) is 2.95. The number of aromatic nitrogens is 2.